The number of amides is 1. The molecule has 0 aliphatic carbocycles. The number of nitriles is 1. The fourth-order valence-corrected chi connectivity index (χ4v) is 3.29. The van der Waals surface area contributed by atoms with Crippen molar-refractivity contribution in [3.8, 4) is 11.8 Å². The summed E-state index contributed by atoms with van der Waals surface area (Å²) in [4.78, 5) is 16.6. The highest BCUT2D eigenvalue weighted by molar-refractivity contribution is 9.10. The van der Waals surface area contributed by atoms with E-state index in [0.29, 0.717) is 23.1 Å². The Morgan fingerprint density at radius 2 is 1.81 bits per heavy atom. The molecule has 0 bridgehead atoms. The Hall–Kier alpha value is -2.78. The average molecular weight is 412 g/mol. The van der Waals surface area contributed by atoms with Crippen LogP contribution in [0.3, 0.4) is 0 Å². The average Bonchev–Trinajstić information content (AvgIpc) is 2.69. The van der Waals surface area contributed by atoms with Crippen molar-refractivity contribution in [3.63, 3.8) is 0 Å². The Morgan fingerprint density at radius 3 is 2.42 bits per heavy atom. The quantitative estimate of drug-likeness (QED) is 0.620. The summed E-state index contributed by atoms with van der Waals surface area (Å²) in [6.07, 6.45) is 1.55. The summed E-state index contributed by atoms with van der Waals surface area (Å²) >= 11 is 3.24. The number of hydrogen-bond acceptors (Lipinski definition) is 4. The SMILES string of the molecule is N#C/C(=C/c1ccc(O)c(Br)c1)C(=O)N1CCN(c2ccccc2)CC1. The second-order valence-electron chi connectivity index (χ2n) is 6.00. The number of nitrogens with zero attached hydrogens (tertiary/aromatic N) is 3. The van der Waals surface area contributed by atoms with Gasteiger partial charge in [0.1, 0.15) is 17.4 Å². The minimum Gasteiger partial charge on any atom is -0.507 e. The molecular weight excluding hydrogens is 394 g/mol. The number of rotatable bonds is 3. The number of carbonyl (C=O) groups excluding carboxylic acids is 1. The number of para-hydroxylation sites is 1. The Kier molecular flexibility index (Phi) is 5.59. The fourth-order valence-electron chi connectivity index (χ4n) is 2.90. The van der Waals surface area contributed by atoms with Crippen molar-refractivity contribution >= 4 is 33.6 Å². The van der Waals surface area contributed by atoms with Gasteiger partial charge in [-0.1, -0.05) is 24.3 Å². The molecule has 1 saturated heterocycles. The number of phenols is 1. The Labute approximate surface area is 160 Å². The van der Waals surface area contributed by atoms with Gasteiger partial charge in [0, 0.05) is 31.9 Å². The van der Waals surface area contributed by atoms with Gasteiger partial charge in [0.15, 0.2) is 0 Å². The van der Waals surface area contributed by atoms with E-state index in [0.717, 1.165) is 18.8 Å². The standard InChI is InChI=1S/C20H18BrN3O2/c21-18-13-15(6-7-19(18)25)12-16(14-22)20(26)24-10-8-23(9-11-24)17-4-2-1-3-5-17/h1-7,12-13,25H,8-11H2/b16-12-. The molecule has 26 heavy (non-hydrogen) atoms. The highest BCUT2D eigenvalue weighted by atomic mass is 79.9. The summed E-state index contributed by atoms with van der Waals surface area (Å²) in [5.41, 5.74) is 1.92. The number of piperazine rings is 1. The maximum atomic E-state index is 12.7. The predicted molar refractivity (Wildman–Crippen MR) is 105 cm³/mol. The van der Waals surface area contributed by atoms with Gasteiger partial charge in [0.05, 0.1) is 4.47 Å². The molecule has 1 aliphatic rings. The molecule has 0 radical (unpaired) electrons. The first-order chi connectivity index (χ1) is 12.6. The smallest absolute Gasteiger partial charge is 0.264 e. The fraction of sp³-hybridized carbons (Fsp3) is 0.200. The van der Waals surface area contributed by atoms with Crippen molar-refractivity contribution in [2.45, 2.75) is 0 Å². The lowest BCUT2D eigenvalue weighted by molar-refractivity contribution is -0.126. The van der Waals surface area contributed by atoms with Crippen LogP contribution in [0.5, 0.6) is 5.75 Å². The molecule has 1 aliphatic heterocycles. The number of halogens is 1. The first-order valence-electron chi connectivity index (χ1n) is 8.28. The Balaban J connectivity index is 1.69. The van der Waals surface area contributed by atoms with E-state index in [4.69, 9.17) is 0 Å². The number of phenolic OH excluding ortho intramolecular Hbond substituents is 1. The normalized spacial score (nSPS) is 14.8. The highest BCUT2D eigenvalue weighted by Gasteiger charge is 2.23. The van der Waals surface area contributed by atoms with E-state index >= 15 is 0 Å². The molecule has 0 aromatic heterocycles. The molecule has 1 heterocycles. The maximum absolute atomic E-state index is 12.7. The Bertz CT molecular complexity index is 866. The van der Waals surface area contributed by atoms with Crippen LogP contribution >= 0.6 is 15.9 Å². The zero-order valence-corrected chi connectivity index (χ0v) is 15.7. The van der Waals surface area contributed by atoms with E-state index in [1.165, 1.54) is 6.07 Å². The van der Waals surface area contributed by atoms with Crippen molar-refractivity contribution in [2.75, 3.05) is 31.1 Å². The molecule has 5 nitrogen and oxygen atoms in total. The second-order valence-corrected chi connectivity index (χ2v) is 6.85. The zero-order chi connectivity index (χ0) is 18.5. The summed E-state index contributed by atoms with van der Waals surface area (Å²) in [6, 6.07) is 17.0. The molecule has 1 N–H and O–H groups in total. The predicted octanol–water partition coefficient (Wildman–Crippen LogP) is 3.41. The number of aromatic hydroxyl groups is 1. The molecule has 0 saturated carbocycles. The van der Waals surface area contributed by atoms with Gasteiger partial charge < -0.3 is 14.9 Å². The zero-order valence-electron chi connectivity index (χ0n) is 14.1. The van der Waals surface area contributed by atoms with Gasteiger partial charge in [0.25, 0.3) is 5.91 Å². The molecule has 1 amide bonds. The van der Waals surface area contributed by atoms with E-state index in [9.17, 15) is 15.2 Å². The van der Waals surface area contributed by atoms with Gasteiger partial charge in [0.2, 0.25) is 0 Å². The number of benzene rings is 2. The molecule has 0 unspecified atom stereocenters. The summed E-state index contributed by atoms with van der Waals surface area (Å²) in [7, 11) is 0. The topological polar surface area (TPSA) is 67.6 Å². The number of anilines is 1. The molecule has 0 atom stereocenters. The first kappa shape index (κ1) is 18.0. The highest BCUT2D eigenvalue weighted by Crippen LogP contribution is 2.25. The third-order valence-corrected chi connectivity index (χ3v) is 4.96. The first-order valence-corrected chi connectivity index (χ1v) is 9.07. The van der Waals surface area contributed by atoms with Crippen LogP contribution in [0.4, 0.5) is 5.69 Å². The monoisotopic (exact) mass is 411 g/mol. The minimum atomic E-state index is -0.260. The van der Waals surface area contributed by atoms with Gasteiger partial charge in [-0.3, -0.25) is 4.79 Å². The lowest BCUT2D eigenvalue weighted by Crippen LogP contribution is -2.49. The minimum absolute atomic E-state index is 0.0933. The van der Waals surface area contributed by atoms with Crippen LogP contribution in [0.1, 0.15) is 5.56 Å². The van der Waals surface area contributed by atoms with Crippen molar-refractivity contribution in [2.24, 2.45) is 0 Å². The van der Waals surface area contributed by atoms with Gasteiger partial charge in [-0.25, -0.2) is 0 Å². The summed E-state index contributed by atoms with van der Waals surface area (Å²) in [5, 5.41) is 19.0. The molecule has 2 aromatic carbocycles. The molecule has 3 rings (SSSR count). The molecule has 0 spiro atoms. The maximum Gasteiger partial charge on any atom is 0.264 e. The second kappa shape index (κ2) is 8.07. The lowest BCUT2D eigenvalue weighted by atomic mass is 10.1. The van der Waals surface area contributed by atoms with E-state index in [2.05, 4.69) is 33.0 Å². The van der Waals surface area contributed by atoms with Gasteiger partial charge >= 0.3 is 0 Å². The van der Waals surface area contributed by atoms with E-state index in [-0.39, 0.29) is 17.2 Å². The molecule has 1 fully saturated rings. The van der Waals surface area contributed by atoms with Crippen molar-refractivity contribution < 1.29 is 9.90 Å². The summed E-state index contributed by atoms with van der Waals surface area (Å²) in [6.45, 7) is 2.62. The van der Waals surface area contributed by atoms with E-state index in [1.54, 1.807) is 23.1 Å². The largest absolute Gasteiger partial charge is 0.507 e. The van der Waals surface area contributed by atoms with Crippen molar-refractivity contribution in [1.29, 1.82) is 5.26 Å². The number of hydrogen-bond donors (Lipinski definition) is 1. The Morgan fingerprint density at radius 1 is 1.12 bits per heavy atom. The van der Waals surface area contributed by atoms with Crippen LogP contribution < -0.4 is 4.90 Å². The van der Waals surface area contributed by atoms with Crippen LogP contribution in [0.25, 0.3) is 6.08 Å². The van der Waals surface area contributed by atoms with Crippen LogP contribution in [-0.2, 0) is 4.79 Å². The van der Waals surface area contributed by atoms with Crippen LogP contribution in [0, 0.1) is 11.3 Å². The summed E-state index contributed by atoms with van der Waals surface area (Å²) < 4.78 is 0.521. The molecular formula is C20H18BrN3O2. The molecule has 132 valence electrons. The summed E-state index contributed by atoms with van der Waals surface area (Å²) in [5.74, 6) is -0.145. The van der Waals surface area contributed by atoms with Gasteiger partial charge in [-0.2, -0.15) is 5.26 Å². The molecule has 6 heteroatoms. The van der Waals surface area contributed by atoms with E-state index in [1.807, 2.05) is 24.3 Å². The van der Waals surface area contributed by atoms with Gasteiger partial charge in [-0.05, 0) is 51.8 Å². The van der Waals surface area contributed by atoms with E-state index < -0.39 is 0 Å². The van der Waals surface area contributed by atoms with Crippen LogP contribution in [0.15, 0.2) is 58.6 Å². The molecule has 2 aromatic rings. The van der Waals surface area contributed by atoms with Crippen LogP contribution in [-0.4, -0.2) is 42.1 Å². The third kappa shape index (κ3) is 4.06. The van der Waals surface area contributed by atoms with Crippen molar-refractivity contribution in [3.05, 3.63) is 64.1 Å². The third-order valence-electron chi connectivity index (χ3n) is 4.32. The number of carbonyl (C=O) groups is 1. The van der Waals surface area contributed by atoms with Crippen LogP contribution in [0.2, 0.25) is 0 Å². The van der Waals surface area contributed by atoms with Gasteiger partial charge in [-0.15, -0.1) is 0 Å². The lowest BCUT2D eigenvalue weighted by Gasteiger charge is -2.36. The van der Waals surface area contributed by atoms with Crippen molar-refractivity contribution in [1.82, 2.24) is 4.90 Å².